The first-order valence-electron chi connectivity index (χ1n) is 10.4. The largest absolute Gasteiger partial charge is 0.490 e. The summed E-state index contributed by atoms with van der Waals surface area (Å²) < 4.78 is 8.13. The van der Waals surface area contributed by atoms with Gasteiger partial charge in [-0.3, -0.25) is 14.1 Å². The molecule has 148 valence electrons. The molecular formula is C22H33N3O2. The van der Waals surface area contributed by atoms with Crippen molar-refractivity contribution < 1.29 is 9.53 Å². The maximum atomic E-state index is 12.5. The van der Waals surface area contributed by atoms with E-state index in [9.17, 15) is 4.79 Å². The first-order chi connectivity index (χ1) is 13.0. The Morgan fingerprint density at radius 2 is 2.07 bits per heavy atom. The summed E-state index contributed by atoms with van der Waals surface area (Å²) in [5.74, 6) is 2.49. The van der Waals surface area contributed by atoms with Crippen molar-refractivity contribution in [2.45, 2.75) is 65.7 Å². The van der Waals surface area contributed by atoms with E-state index in [2.05, 4.69) is 6.92 Å². The van der Waals surface area contributed by atoms with Crippen LogP contribution >= 0.6 is 0 Å². The van der Waals surface area contributed by atoms with E-state index in [4.69, 9.17) is 9.72 Å². The zero-order valence-corrected chi connectivity index (χ0v) is 17.2. The van der Waals surface area contributed by atoms with Crippen LogP contribution in [0, 0.1) is 11.8 Å². The Labute approximate surface area is 162 Å². The van der Waals surface area contributed by atoms with Crippen molar-refractivity contribution in [1.82, 2.24) is 9.38 Å². The number of fused-ring (bicyclic) bond motifs is 1. The summed E-state index contributed by atoms with van der Waals surface area (Å²) >= 11 is 0. The van der Waals surface area contributed by atoms with E-state index in [1.165, 1.54) is 32.1 Å². The Kier molecular flexibility index (Phi) is 6.40. The Hall–Kier alpha value is -2.04. The lowest BCUT2D eigenvalue weighted by molar-refractivity contribution is -0.121. The number of ether oxygens (including phenoxy) is 1. The Bertz CT molecular complexity index is 775. The topological polar surface area (TPSA) is 46.8 Å². The lowest BCUT2D eigenvalue weighted by atomic mass is 9.87. The molecule has 1 saturated carbocycles. The molecule has 0 spiro atoms. The number of hydrogen-bond donors (Lipinski definition) is 0. The van der Waals surface area contributed by atoms with Gasteiger partial charge in [0.15, 0.2) is 11.4 Å². The number of nitrogens with zero attached hydrogens (tertiary/aromatic N) is 3. The lowest BCUT2D eigenvalue weighted by Crippen LogP contribution is -2.31. The van der Waals surface area contributed by atoms with Crippen molar-refractivity contribution >= 4 is 17.4 Å². The van der Waals surface area contributed by atoms with Gasteiger partial charge in [-0.15, -0.1) is 0 Å². The maximum Gasteiger partial charge on any atom is 0.230 e. The van der Waals surface area contributed by atoms with Gasteiger partial charge in [-0.2, -0.15) is 0 Å². The van der Waals surface area contributed by atoms with Crippen LogP contribution in [-0.2, 0) is 11.2 Å². The van der Waals surface area contributed by atoms with Crippen LogP contribution in [-0.4, -0.2) is 28.9 Å². The zero-order valence-electron chi connectivity index (χ0n) is 17.2. The second-order valence-electron chi connectivity index (χ2n) is 7.99. The molecule has 3 rings (SSSR count). The van der Waals surface area contributed by atoms with Crippen LogP contribution in [0.5, 0.6) is 5.75 Å². The summed E-state index contributed by atoms with van der Waals surface area (Å²) in [5.41, 5.74) is 1.73. The van der Waals surface area contributed by atoms with Crippen LogP contribution in [0.1, 0.15) is 65.0 Å². The molecule has 0 aliphatic heterocycles. The van der Waals surface area contributed by atoms with E-state index in [-0.39, 0.29) is 11.8 Å². The lowest BCUT2D eigenvalue weighted by Gasteiger charge is -2.21. The van der Waals surface area contributed by atoms with Gasteiger partial charge in [-0.05, 0) is 30.9 Å². The molecule has 27 heavy (non-hydrogen) atoms. The first-order valence-corrected chi connectivity index (χ1v) is 10.4. The number of aryl methyl sites for hydroxylation is 1. The molecule has 2 aromatic heterocycles. The number of carbonyl (C=O) groups excluding carboxylic acids is 1. The summed E-state index contributed by atoms with van der Waals surface area (Å²) in [4.78, 5) is 19.1. The smallest absolute Gasteiger partial charge is 0.230 e. The van der Waals surface area contributed by atoms with Gasteiger partial charge in [-0.1, -0.05) is 52.9 Å². The first kappa shape index (κ1) is 19.7. The second kappa shape index (κ2) is 8.77. The minimum absolute atomic E-state index is 0.0554. The van der Waals surface area contributed by atoms with Gasteiger partial charge in [0, 0.05) is 19.2 Å². The summed E-state index contributed by atoms with van der Waals surface area (Å²) in [7, 11) is 1.83. The fraction of sp³-hybridized carbons (Fsp3) is 0.636. The van der Waals surface area contributed by atoms with Crippen molar-refractivity contribution in [3.05, 3.63) is 24.0 Å². The molecule has 1 fully saturated rings. The molecule has 1 amide bonds. The summed E-state index contributed by atoms with van der Waals surface area (Å²) in [6.45, 7) is 6.65. The van der Waals surface area contributed by atoms with E-state index in [1.54, 1.807) is 4.90 Å². The molecule has 2 aromatic rings. The molecule has 0 bridgehead atoms. The molecular weight excluding hydrogens is 338 g/mol. The van der Waals surface area contributed by atoms with Crippen molar-refractivity contribution in [3.63, 3.8) is 0 Å². The molecule has 0 radical (unpaired) electrons. The van der Waals surface area contributed by atoms with Crippen LogP contribution in [0.25, 0.3) is 5.65 Å². The number of pyridine rings is 1. The predicted molar refractivity (Wildman–Crippen MR) is 110 cm³/mol. The second-order valence-corrected chi connectivity index (χ2v) is 7.99. The monoisotopic (exact) mass is 371 g/mol. The SMILES string of the molecule is CCc1nc2c(OCCC3CCCCC3)cccn2c1N(C)C(=O)C(C)C. The number of hydrogen-bond acceptors (Lipinski definition) is 3. The number of anilines is 1. The van der Waals surface area contributed by atoms with Crippen LogP contribution in [0.3, 0.4) is 0 Å². The third-order valence-electron chi connectivity index (χ3n) is 5.64. The fourth-order valence-corrected chi connectivity index (χ4v) is 4.09. The molecule has 0 atom stereocenters. The van der Waals surface area contributed by atoms with Crippen molar-refractivity contribution in [2.24, 2.45) is 11.8 Å². The van der Waals surface area contributed by atoms with Crippen molar-refractivity contribution in [1.29, 1.82) is 0 Å². The quantitative estimate of drug-likeness (QED) is 0.698. The molecule has 0 saturated heterocycles. The van der Waals surface area contributed by atoms with Crippen molar-refractivity contribution in [2.75, 3.05) is 18.6 Å². The third kappa shape index (κ3) is 4.28. The van der Waals surface area contributed by atoms with Crippen molar-refractivity contribution in [3.8, 4) is 5.75 Å². The maximum absolute atomic E-state index is 12.5. The highest BCUT2D eigenvalue weighted by Crippen LogP contribution is 2.30. The minimum atomic E-state index is -0.0554. The third-order valence-corrected chi connectivity index (χ3v) is 5.64. The van der Waals surface area contributed by atoms with Crippen LogP contribution in [0.15, 0.2) is 18.3 Å². The number of rotatable bonds is 7. The molecule has 5 heteroatoms. The van der Waals surface area contributed by atoms with Gasteiger partial charge in [0.05, 0.1) is 12.3 Å². The number of aromatic nitrogens is 2. The van der Waals surface area contributed by atoms with Gasteiger partial charge < -0.3 is 4.74 Å². The van der Waals surface area contributed by atoms with E-state index >= 15 is 0 Å². The van der Waals surface area contributed by atoms with E-state index < -0.39 is 0 Å². The molecule has 5 nitrogen and oxygen atoms in total. The number of imidazole rings is 1. The Morgan fingerprint density at radius 1 is 1.33 bits per heavy atom. The van der Waals surface area contributed by atoms with E-state index in [0.717, 1.165) is 48.3 Å². The summed E-state index contributed by atoms with van der Waals surface area (Å²) in [5, 5.41) is 0. The number of amides is 1. The predicted octanol–water partition coefficient (Wildman–Crippen LogP) is 4.86. The van der Waals surface area contributed by atoms with Crippen LogP contribution < -0.4 is 9.64 Å². The fourth-order valence-electron chi connectivity index (χ4n) is 4.09. The van der Waals surface area contributed by atoms with E-state index in [0.29, 0.717) is 0 Å². The van der Waals surface area contributed by atoms with Gasteiger partial charge in [0.2, 0.25) is 5.91 Å². The molecule has 2 heterocycles. The average Bonchev–Trinajstić information content (AvgIpc) is 3.07. The molecule has 0 N–H and O–H groups in total. The highest BCUT2D eigenvalue weighted by Gasteiger charge is 2.23. The standard InChI is InChI=1S/C22H33N3O2/c1-5-18-21(24(4)22(26)16(2)3)25-14-9-12-19(20(25)23-18)27-15-13-17-10-7-6-8-11-17/h9,12,14,16-17H,5-8,10-11,13,15H2,1-4H3. The van der Waals surface area contributed by atoms with Gasteiger partial charge in [0.1, 0.15) is 5.82 Å². The summed E-state index contributed by atoms with van der Waals surface area (Å²) in [6, 6.07) is 3.96. The Balaban J connectivity index is 1.82. The van der Waals surface area contributed by atoms with Crippen LogP contribution in [0.4, 0.5) is 5.82 Å². The molecule has 0 aromatic carbocycles. The Morgan fingerprint density at radius 3 is 2.74 bits per heavy atom. The van der Waals surface area contributed by atoms with Gasteiger partial charge in [-0.25, -0.2) is 4.98 Å². The summed E-state index contributed by atoms with van der Waals surface area (Å²) in [6.07, 6.45) is 10.6. The molecule has 1 aliphatic rings. The highest BCUT2D eigenvalue weighted by molar-refractivity contribution is 5.94. The van der Waals surface area contributed by atoms with Crippen LogP contribution in [0.2, 0.25) is 0 Å². The van der Waals surface area contributed by atoms with E-state index in [1.807, 2.05) is 43.6 Å². The zero-order chi connectivity index (χ0) is 19.4. The molecule has 1 aliphatic carbocycles. The molecule has 0 unspecified atom stereocenters. The number of carbonyl (C=O) groups is 1. The average molecular weight is 372 g/mol. The van der Waals surface area contributed by atoms with Gasteiger partial charge >= 0.3 is 0 Å². The highest BCUT2D eigenvalue weighted by atomic mass is 16.5. The normalized spacial score (nSPS) is 15.4. The van der Waals surface area contributed by atoms with Gasteiger partial charge in [0.25, 0.3) is 0 Å². The minimum Gasteiger partial charge on any atom is -0.490 e.